The maximum Gasteiger partial charge on any atom is 0.179 e. The lowest BCUT2D eigenvalue weighted by Crippen LogP contribution is -2.00. The minimum absolute atomic E-state index is 0.157. The Morgan fingerprint density at radius 3 is 2.92 bits per heavy atom. The van der Waals surface area contributed by atoms with Crippen molar-refractivity contribution >= 4 is 28.5 Å². The first-order valence-electron chi connectivity index (χ1n) is 3.81. The average molecular weight is 209 g/mol. The third-order valence-electron chi connectivity index (χ3n) is 1.59. The highest BCUT2D eigenvalue weighted by Gasteiger charge is 2.08. The maximum atomic E-state index is 11.6. The molecule has 0 aromatic carbocycles. The second-order valence-electron chi connectivity index (χ2n) is 2.50. The van der Waals surface area contributed by atoms with Crippen molar-refractivity contribution in [3.63, 3.8) is 0 Å². The molecule has 0 aliphatic carbocycles. The summed E-state index contributed by atoms with van der Waals surface area (Å²) in [6.07, 6.45) is 2.15. The Balaban J connectivity index is 2.08. The van der Waals surface area contributed by atoms with Gasteiger partial charge in [0.25, 0.3) is 0 Å². The van der Waals surface area contributed by atoms with Gasteiger partial charge in [-0.1, -0.05) is 6.07 Å². The Morgan fingerprint density at radius 2 is 2.31 bits per heavy atom. The number of rotatable bonds is 3. The molecule has 2 aromatic heterocycles. The maximum absolute atomic E-state index is 11.6. The van der Waals surface area contributed by atoms with Gasteiger partial charge in [-0.05, 0) is 11.4 Å². The number of thiazole rings is 1. The van der Waals surface area contributed by atoms with E-state index in [1.807, 2.05) is 22.9 Å². The highest BCUT2D eigenvalue weighted by atomic mass is 32.1. The third-order valence-corrected chi connectivity index (χ3v) is 3.28. The molecule has 0 N–H and O–H groups in total. The van der Waals surface area contributed by atoms with Gasteiger partial charge >= 0.3 is 0 Å². The van der Waals surface area contributed by atoms with E-state index in [2.05, 4.69) is 4.98 Å². The molecule has 0 saturated heterocycles. The first-order valence-corrected chi connectivity index (χ1v) is 5.57. The number of hydrogen-bond donors (Lipinski definition) is 0. The number of hydrogen-bond acceptors (Lipinski definition) is 4. The number of carbonyl (C=O) groups excluding carboxylic acids is 1. The summed E-state index contributed by atoms with van der Waals surface area (Å²) in [6.45, 7) is 0. The van der Waals surface area contributed by atoms with Crippen molar-refractivity contribution in [3.8, 4) is 0 Å². The van der Waals surface area contributed by atoms with E-state index < -0.39 is 0 Å². The van der Waals surface area contributed by atoms with Crippen LogP contribution in [-0.2, 0) is 6.42 Å². The highest BCUT2D eigenvalue weighted by Crippen LogP contribution is 2.13. The van der Waals surface area contributed by atoms with Gasteiger partial charge < -0.3 is 0 Å². The summed E-state index contributed by atoms with van der Waals surface area (Å²) in [7, 11) is 0. The van der Waals surface area contributed by atoms with Crippen LogP contribution in [0.1, 0.15) is 14.7 Å². The highest BCUT2D eigenvalue weighted by molar-refractivity contribution is 7.12. The lowest BCUT2D eigenvalue weighted by Gasteiger charge is -1.92. The van der Waals surface area contributed by atoms with Crippen LogP contribution >= 0.6 is 22.7 Å². The van der Waals surface area contributed by atoms with Crippen molar-refractivity contribution in [3.05, 3.63) is 39.0 Å². The van der Waals surface area contributed by atoms with E-state index in [1.54, 1.807) is 6.20 Å². The summed E-state index contributed by atoms with van der Waals surface area (Å²) in [4.78, 5) is 16.4. The molecule has 2 nitrogen and oxygen atoms in total. The molecule has 66 valence electrons. The van der Waals surface area contributed by atoms with Crippen molar-refractivity contribution in [2.75, 3.05) is 0 Å². The molecule has 13 heavy (non-hydrogen) atoms. The number of carbonyl (C=O) groups is 1. The quantitative estimate of drug-likeness (QED) is 0.727. The molecule has 2 aromatic rings. The number of thiophene rings is 1. The fraction of sp³-hybridized carbons (Fsp3) is 0.111. The predicted molar refractivity (Wildman–Crippen MR) is 54.5 cm³/mol. The van der Waals surface area contributed by atoms with E-state index in [9.17, 15) is 4.79 Å². The van der Waals surface area contributed by atoms with Crippen LogP contribution in [0.5, 0.6) is 0 Å². The van der Waals surface area contributed by atoms with Gasteiger partial charge in [-0.2, -0.15) is 0 Å². The van der Waals surface area contributed by atoms with Gasteiger partial charge in [0, 0.05) is 11.6 Å². The number of nitrogens with zero attached hydrogens (tertiary/aromatic N) is 1. The Bertz CT molecular complexity index is 378. The second-order valence-corrected chi connectivity index (χ2v) is 4.43. The van der Waals surface area contributed by atoms with E-state index in [-0.39, 0.29) is 5.78 Å². The molecule has 0 amide bonds. The minimum atomic E-state index is 0.157. The molecule has 0 atom stereocenters. The fourth-order valence-electron chi connectivity index (χ4n) is 1.00. The van der Waals surface area contributed by atoms with Crippen LogP contribution in [0.15, 0.2) is 29.1 Å². The smallest absolute Gasteiger partial charge is 0.179 e. The summed E-state index contributed by atoms with van der Waals surface area (Å²) in [5.74, 6) is 0.157. The lowest BCUT2D eigenvalue weighted by atomic mass is 10.2. The summed E-state index contributed by atoms with van der Waals surface area (Å²) < 4.78 is 0. The first-order chi connectivity index (χ1) is 6.36. The fourth-order valence-corrected chi connectivity index (χ4v) is 2.28. The number of aromatic nitrogens is 1. The first kappa shape index (κ1) is 8.59. The Hall–Kier alpha value is -1.00. The zero-order chi connectivity index (χ0) is 9.10. The van der Waals surface area contributed by atoms with Crippen molar-refractivity contribution in [2.24, 2.45) is 0 Å². The van der Waals surface area contributed by atoms with Gasteiger partial charge in [0.2, 0.25) is 0 Å². The van der Waals surface area contributed by atoms with Crippen molar-refractivity contribution in [2.45, 2.75) is 6.42 Å². The van der Waals surface area contributed by atoms with Crippen LogP contribution in [0, 0.1) is 0 Å². The molecule has 0 spiro atoms. The van der Waals surface area contributed by atoms with Crippen LogP contribution in [0.25, 0.3) is 0 Å². The minimum Gasteiger partial charge on any atom is -0.293 e. The second kappa shape index (κ2) is 3.81. The van der Waals surface area contributed by atoms with Crippen molar-refractivity contribution in [1.82, 2.24) is 4.98 Å². The Labute approximate surface area is 83.9 Å². The van der Waals surface area contributed by atoms with Crippen LogP contribution in [0.3, 0.4) is 0 Å². The van der Waals surface area contributed by atoms with Crippen LogP contribution < -0.4 is 0 Å². The summed E-state index contributed by atoms with van der Waals surface area (Å²) >= 11 is 3.00. The van der Waals surface area contributed by atoms with Gasteiger partial charge in [-0.3, -0.25) is 4.79 Å². The molecule has 0 aliphatic rings. The van der Waals surface area contributed by atoms with Gasteiger partial charge in [0.05, 0.1) is 11.3 Å². The van der Waals surface area contributed by atoms with Crippen molar-refractivity contribution < 1.29 is 4.79 Å². The van der Waals surface area contributed by atoms with Gasteiger partial charge in [-0.15, -0.1) is 22.7 Å². The zero-order valence-electron chi connectivity index (χ0n) is 6.77. The lowest BCUT2D eigenvalue weighted by molar-refractivity contribution is 0.0997. The summed E-state index contributed by atoms with van der Waals surface area (Å²) in [6, 6.07) is 3.74. The Kier molecular flexibility index (Phi) is 2.52. The SMILES string of the molecule is O=C(Cc1nccs1)c1cccs1. The largest absolute Gasteiger partial charge is 0.293 e. The summed E-state index contributed by atoms with van der Waals surface area (Å²) in [5, 5.41) is 4.69. The van der Waals surface area contributed by atoms with E-state index in [1.165, 1.54) is 22.7 Å². The predicted octanol–water partition coefficient (Wildman–Crippen LogP) is 2.63. The number of ketones is 1. The molecule has 2 rings (SSSR count). The summed E-state index contributed by atoms with van der Waals surface area (Å²) in [5.41, 5.74) is 0. The molecular weight excluding hydrogens is 202 g/mol. The normalized spacial score (nSPS) is 10.2. The van der Waals surface area contributed by atoms with E-state index >= 15 is 0 Å². The van der Waals surface area contributed by atoms with E-state index in [4.69, 9.17) is 0 Å². The molecule has 0 unspecified atom stereocenters. The molecular formula is C9H7NOS2. The topological polar surface area (TPSA) is 30.0 Å². The standard InChI is InChI=1S/C9H7NOS2/c11-7(8-2-1-4-12-8)6-9-10-3-5-13-9/h1-5H,6H2. The van der Waals surface area contributed by atoms with Gasteiger partial charge in [0.15, 0.2) is 5.78 Å². The monoisotopic (exact) mass is 209 g/mol. The number of Topliss-reactive ketones (excluding diaryl/α,β-unsaturated/α-hetero) is 1. The molecule has 0 radical (unpaired) electrons. The van der Waals surface area contributed by atoms with E-state index in [0.29, 0.717) is 6.42 Å². The van der Waals surface area contributed by atoms with Crippen LogP contribution in [0.2, 0.25) is 0 Å². The van der Waals surface area contributed by atoms with Gasteiger partial charge in [-0.25, -0.2) is 4.98 Å². The van der Waals surface area contributed by atoms with Crippen LogP contribution in [0.4, 0.5) is 0 Å². The molecule has 0 aliphatic heterocycles. The van der Waals surface area contributed by atoms with Crippen molar-refractivity contribution in [1.29, 1.82) is 0 Å². The van der Waals surface area contributed by atoms with Crippen LogP contribution in [-0.4, -0.2) is 10.8 Å². The molecule has 0 saturated carbocycles. The van der Waals surface area contributed by atoms with E-state index in [0.717, 1.165) is 9.88 Å². The molecule has 2 heterocycles. The molecule has 0 bridgehead atoms. The Morgan fingerprint density at radius 1 is 1.38 bits per heavy atom. The third kappa shape index (κ3) is 2.02. The zero-order valence-corrected chi connectivity index (χ0v) is 8.40. The molecule has 0 fully saturated rings. The average Bonchev–Trinajstić information content (AvgIpc) is 2.74. The molecule has 4 heteroatoms. The van der Waals surface area contributed by atoms with Gasteiger partial charge in [0.1, 0.15) is 5.01 Å².